The Hall–Kier alpha value is -2.09. The molecule has 0 aliphatic carbocycles. The lowest BCUT2D eigenvalue weighted by molar-refractivity contribution is 0.687. The minimum Gasteiger partial charge on any atom is -0.357 e. The molecule has 6 nitrogen and oxygen atoms in total. The van der Waals surface area contributed by atoms with Crippen LogP contribution in [-0.4, -0.2) is 24.7 Å². The number of aryl methyl sites for hydroxylation is 2. The molecule has 136 valence electrons. The summed E-state index contributed by atoms with van der Waals surface area (Å²) in [6, 6.07) is 7.44. The molecule has 2 heterocycles. The van der Waals surface area contributed by atoms with Crippen LogP contribution in [0.15, 0.2) is 36.7 Å². The van der Waals surface area contributed by atoms with Crippen LogP contribution in [0.4, 0.5) is 5.69 Å². The third-order valence-corrected chi connectivity index (χ3v) is 4.60. The molecule has 0 saturated heterocycles. The van der Waals surface area contributed by atoms with Crippen molar-refractivity contribution < 1.29 is 0 Å². The van der Waals surface area contributed by atoms with Crippen molar-refractivity contribution in [2.24, 2.45) is 7.05 Å². The summed E-state index contributed by atoms with van der Waals surface area (Å²) >= 11 is 17.5. The highest BCUT2D eigenvalue weighted by atomic mass is 35.5. The van der Waals surface area contributed by atoms with E-state index in [0.29, 0.717) is 28.2 Å². The largest absolute Gasteiger partial charge is 0.357 e. The fourth-order valence-electron chi connectivity index (χ4n) is 2.51. The fraction of sp³-hybridized carbons (Fsp3) is 0.235. The fourth-order valence-corrected chi connectivity index (χ4v) is 3.17. The van der Waals surface area contributed by atoms with Gasteiger partial charge in [-0.15, -0.1) is 0 Å². The highest BCUT2D eigenvalue weighted by Gasteiger charge is 2.06. The van der Waals surface area contributed by atoms with E-state index in [1.165, 1.54) is 0 Å². The second kappa shape index (κ2) is 8.07. The summed E-state index contributed by atoms with van der Waals surface area (Å²) in [7, 11) is 1.91. The minimum atomic E-state index is 0.521. The SMILES string of the molecule is Cc1cc(CNC(=S)Nc2cnn(Cc3ccc(Cl)cc3Cl)c2)n(C)n1. The Kier molecular flexibility index (Phi) is 5.80. The van der Waals surface area contributed by atoms with Crippen LogP contribution in [0.25, 0.3) is 0 Å². The lowest BCUT2D eigenvalue weighted by Crippen LogP contribution is -2.28. The summed E-state index contributed by atoms with van der Waals surface area (Å²) < 4.78 is 3.61. The van der Waals surface area contributed by atoms with Gasteiger partial charge >= 0.3 is 0 Å². The number of hydrogen-bond acceptors (Lipinski definition) is 3. The molecule has 0 radical (unpaired) electrons. The molecule has 26 heavy (non-hydrogen) atoms. The zero-order valence-electron chi connectivity index (χ0n) is 14.3. The normalized spacial score (nSPS) is 10.8. The maximum Gasteiger partial charge on any atom is 0.171 e. The second-order valence-corrected chi connectivity index (χ2v) is 7.12. The lowest BCUT2D eigenvalue weighted by atomic mass is 10.2. The van der Waals surface area contributed by atoms with Crippen LogP contribution >= 0.6 is 35.4 Å². The predicted molar refractivity (Wildman–Crippen MR) is 109 cm³/mol. The minimum absolute atomic E-state index is 0.521. The number of aromatic nitrogens is 4. The lowest BCUT2D eigenvalue weighted by Gasteiger charge is -2.09. The van der Waals surface area contributed by atoms with Gasteiger partial charge in [0, 0.05) is 23.3 Å². The van der Waals surface area contributed by atoms with Crippen molar-refractivity contribution in [2.45, 2.75) is 20.0 Å². The van der Waals surface area contributed by atoms with E-state index in [4.69, 9.17) is 35.4 Å². The Labute approximate surface area is 167 Å². The molecule has 2 N–H and O–H groups in total. The molecule has 3 rings (SSSR count). The van der Waals surface area contributed by atoms with E-state index >= 15 is 0 Å². The van der Waals surface area contributed by atoms with Gasteiger partial charge in [-0.3, -0.25) is 9.36 Å². The third-order valence-electron chi connectivity index (χ3n) is 3.77. The van der Waals surface area contributed by atoms with Crippen LogP contribution in [0.5, 0.6) is 0 Å². The number of halogens is 2. The molecular weight excluding hydrogens is 391 g/mol. The summed E-state index contributed by atoms with van der Waals surface area (Å²) in [6.45, 7) is 3.10. The van der Waals surface area contributed by atoms with Crippen LogP contribution in [0.3, 0.4) is 0 Å². The average Bonchev–Trinajstić information content (AvgIpc) is 3.14. The quantitative estimate of drug-likeness (QED) is 0.629. The number of nitrogens with zero attached hydrogens (tertiary/aromatic N) is 4. The third kappa shape index (κ3) is 4.75. The summed E-state index contributed by atoms with van der Waals surface area (Å²) in [5.74, 6) is 0. The van der Waals surface area contributed by atoms with Gasteiger partial charge in [0.2, 0.25) is 0 Å². The molecule has 2 aromatic heterocycles. The number of rotatable bonds is 5. The molecule has 9 heteroatoms. The van der Waals surface area contributed by atoms with Crippen molar-refractivity contribution in [3.63, 3.8) is 0 Å². The van der Waals surface area contributed by atoms with Crippen molar-refractivity contribution in [3.05, 3.63) is 63.7 Å². The van der Waals surface area contributed by atoms with Gasteiger partial charge in [-0.05, 0) is 42.9 Å². The Morgan fingerprint density at radius 1 is 1.27 bits per heavy atom. The van der Waals surface area contributed by atoms with Crippen molar-refractivity contribution in [1.82, 2.24) is 24.9 Å². The molecule has 0 fully saturated rings. The van der Waals surface area contributed by atoms with E-state index in [2.05, 4.69) is 20.8 Å². The van der Waals surface area contributed by atoms with Gasteiger partial charge in [-0.2, -0.15) is 10.2 Å². The van der Waals surface area contributed by atoms with E-state index in [-0.39, 0.29) is 0 Å². The number of thiocarbonyl (C=S) groups is 1. The van der Waals surface area contributed by atoms with Crippen molar-refractivity contribution in [3.8, 4) is 0 Å². The van der Waals surface area contributed by atoms with Gasteiger partial charge in [0.15, 0.2) is 5.11 Å². The maximum atomic E-state index is 6.21. The van der Waals surface area contributed by atoms with E-state index < -0.39 is 0 Å². The number of hydrogen-bond donors (Lipinski definition) is 2. The van der Waals surface area contributed by atoms with Gasteiger partial charge in [-0.25, -0.2) is 0 Å². The molecule has 0 saturated carbocycles. The smallest absolute Gasteiger partial charge is 0.171 e. The molecule has 0 spiro atoms. The first-order chi connectivity index (χ1) is 12.4. The molecule has 0 atom stereocenters. The Morgan fingerprint density at radius 2 is 2.08 bits per heavy atom. The summed E-state index contributed by atoms with van der Waals surface area (Å²) in [5.41, 5.74) is 3.77. The highest BCUT2D eigenvalue weighted by molar-refractivity contribution is 7.80. The topological polar surface area (TPSA) is 59.7 Å². The van der Waals surface area contributed by atoms with Gasteiger partial charge in [0.1, 0.15) is 0 Å². The molecule has 0 bridgehead atoms. The zero-order chi connectivity index (χ0) is 18.7. The Balaban J connectivity index is 1.56. The van der Waals surface area contributed by atoms with Crippen LogP contribution < -0.4 is 10.6 Å². The molecule has 0 aliphatic heterocycles. The van der Waals surface area contributed by atoms with E-state index in [0.717, 1.165) is 22.6 Å². The van der Waals surface area contributed by atoms with E-state index in [1.807, 2.05) is 43.0 Å². The molecule has 0 aliphatic rings. The second-order valence-electron chi connectivity index (χ2n) is 5.87. The first-order valence-corrected chi connectivity index (χ1v) is 9.08. The highest BCUT2D eigenvalue weighted by Crippen LogP contribution is 2.22. The van der Waals surface area contributed by atoms with Crippen LogP contribution in [-0.2, 0) is 20.1 Å². The van der Waals surface area contributed by atoms with Crippen molar-refractivity contribution in [1.29, 1.82) is 0 Å². The van der Waals surface area contributed by atoms with Crippen LogP contribution in [0.1, 0.15) is 17.0 Å². The average molecular weight is 409 g/mol. The van der Waals surface area contributed by atoms with Crippen molar-refractivity contribution in [2.75, 3.05) is 5.32 Å². The van der Waals surface area contributed by atoms with Gasteiger partial charge in [0.25, 0.3) is 0 Å². The van der Waals surface area contributed by atoms with Gasteiger partial charge in [0.05, 0.1) is 36.4 Å². The first-order valence-electron chi connectivity index (χ1n) is 7.91. The summed E-state index contributed by atoms with van der Waals surface area (Å²) in [5, 5.41) is 16.7. The summed E-state index contributed by atoms with van der Waals surface area (Å²) in [4.78, 5) is 0. The Bertz CT molecular complexity index is 933. The van der Waals surface area contributed by atoms with Gasteiger partial charge < -0.3 is 10.6 Å². The van der Waals surface area contributed by atoms with Crippen molar-refractivity contribution >= 4 is 46.2 Å². The Morgan fingerprint density at radius 3 is 2.77 bits per heavy atom. The molecule has 0 amide bonds. The summed E-state index contributed by atoms with van der Waals surface area (Å²) in [6.07, 6.45) is 3.58. The molecule has 3 aromatic rings. The zero-order valence-corrected chi connectivity index (χ0v) is 16.7. The van der Waals surface area contributed by atoms with Crippen LogP contribution in [0, 0.1) is 6.92 Å². The molecular formula is C17H18Cl2N6S. The number of benzene rings is 1. The molecule has 0 unspecified atom stereocenters. The van der Waals surface area contributed by atoms with Gasteiger partial charge in [-0.1, -0.05) is 29.3 Å². The standard InChI is InChI=1S/C17H18Cl2N6S/c1-11-5-15(24(2)23-11)8-20-17(26)22-14-7-21-25(10-14)9-12-3-4-13(18)6-16(12)19/h3-7,10H,8-9H2,1-2H3,(H2,20,22,26). The number of nitrogens with one attached hydrogen (secondary N) is 2. The predicted octanol–water partition coefficient (Wildman–Crippen LogP) is 3.77. The van der Waals surface area contributed by atoms with Crippen LogP contribution in [0.2, 0.25) is 10.0 Å². The number of anilines is 1. The monoisotopic (exact) mass is 408 g/mol. The van der Waals surface area contributed by atoms with E-state index in [9.17, 15) is 0 Å². The first kappa shape index (κ1) is 18.7. The van der Waals surface area contributed by atoms with E-state index in [1.54, 1.807) is 16.9 Å². The maximum absolute atomic E-state index is 6.21. The molecule has 1 aromatic carbocycles.